The summed E-state index contributed by atoms with van der Waals surface area (Å²) in [7, 11) is 0. The first-order valence-electron chi connectivity index (χ1n) is 13.6. The van der Waals surface area contributed by atoms with Crippen LogP contribution in [0.25, 0.3) is 10.9 Å². The van der Waals surface area contributed by atoms with E-state index >= 15 is 0 Å². The summed E-state index contributed by atoms with van der Waals surface area (Å²) in [5.41, 5.74) is 1.46. The lowest BCUT2D eigenvalue weighted by atomic mass is 9.88. The minimum absolute atomic E-state index is 0.151. The van der Waals surface area contributed by atoms with Gasteiger partial charge in [0.25, 0.3) is 11.5 Å². The summed E-state index contributed by atoms with van der Waals surface area (Å²) in [6.45, 7) is 1.80. The molecule has 1 aromatic heterocycles. The molecule has 0 spiro atoms. The lowest BCUT2D eigenvalue weighted by molar-refractivity contribution is -0.118. The van der Waals surface area contributed by atoms with E-state index in [1.807, 2.05) is 25.1 Å². The van der Waals surface area contributed by atoms with Gasteiger partial charge >= 0.3 is 0 Å². The molecule has 41 heavy (non-hydrogen) atoms. The number of rotatable bonds is 9. The van der Waals surface area contributed by atoms with Crippen LogP contribution in [0.4, 0.5) is 10.1 Å². The highest BCUT2D eigenvalue weighted by Crippen LogP contribution is 2.37. The van der Waals surface area contributed by atoms with Gasteiger partial charge in [0.2, 0.25) is 0 Å². The van der Waals surface area contributed by atoms with E-state index < -0.39 is 11.7 Å². The smallest absolute Gasteiger partial charge is 0.282 e. The van der Waals surface area contributed by atoms with Crippen molar-refractivity contribution in [3.63, 3.8) is 0 Å². The molecule has 0 bridgehead atoms. The fraction of sp³-hybridized carbons (Fsp3) is 0.290. The fourth-order valence-electron chi connectivity index (χ4n) is 4.94. The van der Waals surface area contributed by atoms with Gasteiger partial charge in [-0.2, -0.15) is 9.78 Å². The Balaban J connectivity index is 1.41. The predicted molar refractivity (Wildman–Crippen MR) is 158 cm³/mol. The van der Waals surface area contributed by atoms with E-state index in [1.54, 1.807) is 24.4 Å². The molecular formula is C31H30ClFN4O4. The number of carbonyl (C=O) groups excluding carboxylic acids is 1. The zero-order valence-electron chi connectivity index (χ0n) is 22.6. The number of benzene rings is 3. The first-order chi connectivity index (χ1) is 19.9. The summed E-state index contributed by atoms with van der Waals surface area (Å²) >= 11 is 6.55. The zero-order chi connectivity index (χ0) is 28.8. The highest BCUT2D eigenvalue weighted by Gasteiger charge is 2.22. The molecule has 0 unspecified atom stereocenters. The van der Waals surface area contributed by atoms with Gasteiger partial charge in [0.15, 0.2) is 18.1 Å². The quantitative estimate of drug-likeness (QED) is 0.228. The van der Waals surface area contributed by atoms with Crippen LogP contribution in [0.1, 0.15) is 56.3 Å². The van der Waals surface area contributed by atoms with Crippen molar-refractivity contribution in [2.45, 2.75) is 44.9 Å². The van der Waals surface area contributed by atoms with Crippen LogP contribution < -0.4 is 20.3 Å². The molecule has 8 nitrogen and oxygen atoms in total. The summed E-state index contributed by atoms with van der Waals surface area (Å²) in [4.78, 5) is 30.7. The summed E-state index contributed by atoms with van der Waals surface area (Å²) < 4.78 is 26.0. The molecule has 0 radical (unpaired) electrons. The molecule has 1 aliphatic rings. The SMILES string of the molecule is CCOc1cc(C=Nn2c(C3CCCCC3)nc3ccccc3c2=O)cc(Cl)c1OCC(=O)Nc1ccc(F)cc1. The van der Waals surface area contributed by atoms with Crippen LogP contribution in [-0.2, 0) is 4.79 Å². The average molecular weight is 577 g/mol. The van der Waals surface area contributed by atoms with Crippen molar-refractivity contribution in [1.82, 2.24) is 9.66 Å². The first kappa shape index (κ1) is 28.3. The first-order valence-corrected chi connectivity index (χ1v) is 14.0. The Morgan fingerprint density at radius 1 is 1.12 bits per heavy atom. The van der Waals surface area contributed by atoms with Gasteiger partial charge in [-0.3, -0.25) is 9.59 Å². The predicted octanol–water partition coefficient (Wildman–Crippen LogP) is 6.54. The standard InChI is InChI=1S/C31H30ClFN4O4/c1-2-40-27-17-20(16-25(32)29(27)41-19-28(38)35-23-14-12-22(33)13-15-23)18-34-37-30(21-8-4-3-5-9-21)36-26-11-7-6-10-24(26)31(37)39/h6-7,10-18,21H,2-5,8-9,19H2,1H3,(H,35,38). The van der Waals surface area contributed by atoms with E-state index in [-0.39, 0.29) is 28.9 Å². The molecular weight excluding hydrogens is 547 g/mol. The molecule has 212 valence electrons. The number of fused-ring (bicyclic) bond motifs is 1. The number of para-hydroxylation sites is 1. The van der Waals surface area contributed by atoms with Gasteiger partial charge in [-0.25, -0.2) is 9.37 Å². The van der Waals surface area contributed by atoms with Crippen molar-refractivity contribution in [2.75, 3.05) is 18.5 Å². The second-order valence-corrected chi connectivity index (χ2v) is 10.2. The maximum Gasteiger partial charge on any atom is 0.282 e. The van der Waals surface area contributed by atoms with E-state index in [9.17, 15) is 14.0 Å². The van der Waals surface area contributed by atoms with Gasteiger partial charge in [-0.15, -0.1) is 0 Å². The molecule has 1 aliphatic carbocycles. The van der Waals surface area contributed by atoms with E-state index in [4.69, 9.17) is 26.1 Å². The van der Waals surface area contributed by atoms with Gasteiger partial charge in [0, 0.05) is 11.6 Å². The van der Waals surface area contributed by atoms with Crippen LogP contribution in [0, 0.1) is 5.82 Å². The normalized spacial score (nSPS) is 13.9. The van der Waals surface area contributed by atoms with Crippen LogP contribution in [0.3, 0.4) is 0 Å². The summed E-state index contributed by atoms with van der Waals surface area (Å²) in [6.07, 6.45) is 6.83. The molecule has 0 atom stereocenters. The lowest BCUT2D eigenvalue weighted by Gasteiger charge is -2.22. The maximum absolute atomic E-state index is 13.5. The molecule has 10 heteroatoms. The molecule has 3 aromatic carbocycles. The fourth-order valence-corrected chi connectivity index (χ4v) is 5.21. The van der Waals surface area contributed by atoms with Crippen LogP contribution in [0.2, 0.25) is 5.02 Å². The number of amides is 1. The highest BCUT2D eigenvalue weighted by atomic mass is 35.5. The second kappa shape index (κ2) is 13.0. The van der Waals surface area contributed by atoms with Crippen molar-refractivity contribution in [2.24, 2.45) is 5.10 Å². The minimum atomic E-state index is -0.445. The molecule has 1 N–H and O–H groups in total. The number of ether oxygens (including phenoxy) is 2. The van der Waals surface area contributed by atoms with E-state index in [0.29, 0.717) is 40.3 Å². The lowest BCUT2D eigenvalue weighted by Crippen LogP contribution is -2.25. The second-order valence-electron chi connectivity index (χ2n) is 9.79. The molecule has 1 saturated carbocycles. The van der Waals surface area contributed by atoms with Crippen LogP contribution in [0.5, 0.6) is 11.5 Å². The van der Waals surface area contributed by atoms with Crippen LogP contribution in [-0.4, -0.2) is 35.0 Å². The van der Waals surface area contributed by atoms with E-state index in [2.05, 4.69) is 10.4 Å². The van der Waals surface area contributed by atoms with Crippen molar-refractivity contribution < 1.29 is 18.7 Å². The third-order valence-electron chi connectivity index (χ3n) is 6.88. The molecule has 0 aliphatic heterocycles. The van der Waals surface area contributed by atoms with Crippen molar-refractivity contribution in [3.8, 4) is 11.5 Å². The van der Waals surface area contributed by atoms with Gasteiger partial charge < -0.3 is 14.8 Å². The Bertz CT molecular complexity index is 1630. The van der Waals surface area contributed by atoms with Gasteiger partial charge in [0.05, 0.1) is 28.7 Å². The number of nitrogens with zero attached hydrogens (tertiary/aromatic N) is 3. The highest BCUT2D eigenvalue weighted by molar-refractivity contribution is 6.32. The molecule has 1 amide bonds. The zero-order valence-corrected chi connectivity index (χ0v) is 23.4. The van der Waals surface area contributed by atoms with Crippen molar-refractivity contribution in [3.05, 3.63) is 93.2 Å². The third kappa shape index (κ3) is 6.74. The number of anilines is 1. The monoisotopic (exact) mass is 576 g/mol. The summed E-state index contributed by atoms with van der Waals surface area (Å²) in [6, 6.07) is 16.0. The van der Waals surface area contributed by atoms with Crippen molar-refractivity contribution >= 4 is 40.3 Å². The Labute approximate surface area is 241 Å². The van der Waals surface area contributed by atoms with Crippen molar-refractivity contribution in [1.29, 1.82) is 0 Å². The van der Waals surface area contributed by atoms with E-state index in [0.717, 1.165) is 25.7 Å². The number of hydrogen-bond donors (Lipinski definition) is 1. The molecule has 1 fully saturated rings. The Morgan fingerprint density at radius 3 is 2.63 bits per heavy atom. The third-order valence-corrected chi connectivity index (χ3v) is 7.16. The average Bonchev–Trinajstić information content (AvgIpc) is 2.98. The van der Waals surface area contributed by atoms with E-state index in [1.165, 1.54) is 35.4 Å². The van der Waals surface area contributed by atoms with Crippen LogP contribution in [0.15, 0.2) is 70.6 Å². The van der Waals surface area contributed by atoms with Crippen LogP contribution >= 0.6 is 11.6 Å². The molecule has 5 rings (SSSR count). The van der Waals surface area contributed by atoms with Gasteiger partial charge in [0.1, 0.15) is 11.6 Å². The van der Waals surface area contributed by atoms with Gasteiger partial charge in [-0.1, -0.05) is 43.0 Å². The summed E-state index contributed by atoms with van der Waals surface area (Å²) in [5.74, 6) is 0.493. The number of halogens is 2. The number of hydrogen-bond acceptors (Lipinski definition) is 6. The largest absolute Gasteiger partial charge is 0.490 e. The maximum atomic E-state index is 13.5. The topological polar surface area (TPSA) is 94.8 Å². The minimum Gasteiger partial charge on any atom is -0.490 e. The summed E-state index contributed by atoms with van der Waals surface area (Å²) in [5, 5.41) is 7.92. The number of carbonyl (C=O) groups is 1. The van der Waals surface area contributed by atoms with Gasteiger partial charge in [-0.05, 0) is 73.9 Å². The Hall–Kier alpha value is -4.24. The molecule has 4 aromatic rings. The number of nitrogens with one attached hydrogen (secondary N) is 1. The Kier molecular flexibility index (Phi) is 8.94. The molecule has 1 heterocycles. The molecule has 0 saturated heterocycles. The Morgan fingerprint density at radius 2 is 1.88 bits per heavy atom. The number of aromatic nitrogens is 2.